The Morgan fingerprint density at radius 2 is 2.06 bits per heavy atom. The minimum atomic E-state index is -0.00664. The minimum Gasteiger partial charge on any atom is -0.253 e. The lowest BCUT2D eigenvalue weighted by molar-refractivity contribution is 0.935. The third kappa shape index (κ3) is 1.23. The number of aromatic nitrogens is 1. The van der Waals surface area contributed by atoms with Crippen molar-refractivity contribution in [2.24, 2.45) is 0 Å². The van der Waals surface area contributed by atoms with Crippen LogP contribution in [-0.4, -0.2) is 4.98 Å². The molecule has 78 valence electrons. The van der Waals surface area contributed by atoms with Gasteiger partial charge in [0.1, 0.15) is 0 Å². The van der Waals surface area contributed by atoms with Gasteiger partial charge in [-0.05, 0) is 37.5 Å². The second-order valence-corrected chi connectivity index (χ2v) is 4.55. The molecule has 16 heavy (non-hydrogen) atoms. The molecule has 1 aromatic carbocycles. The van der Waals surface area contributed by atoms with Gasteiger partial charge in [-0.3, -0.25) is 4.98 Å². The first kappa shape index (κ1) is 9.42. The summed E-state index contributed by atoms with van der Waals surface area (Å²) >= 11 is 0. The quantitative estimate of drug-likeness (QED) is 0.654. The minimum absolute atomic E-state index is 0.00664. The highest BCUT2D eigenvalue weighted by molar-refractivity contribution is 5.84. The summed E-state index contributed by atoms with van der Waals surface area (Å²) in [5.74, 6) is 2.96. The third-order valence-electron chi connectivity index (χ3n) is 3.39. The molecule has 1 fully saturated rings. The number of hydrogen-bond acceptors (Lipinski definition) is 1. The van der Waals surface area contributed by atoms with Crippen molar-refractivity contribution >= 4 is 10.9 Å². The zero-order valence-corrected chi connectivity index (χ0v) is 9.33. The molecule has 0 aliphatic heterocycles. The molecule has 3 rings (SSSR count). The van der Waals surface area contributed by atoms with Gasteiger partial charge >= 0.3 is 0 Å². The van der Waals surface area contributed by atoms with E-state index < -0.39 is 0 Å². The monoisotopic (exact) mass is 207 g/mol. The lowest BCUT2D eigenvalue weighted by Crippen LogP contribution is -2.05. The van der Waals surface area contributed by atoms with Crippen molar-refractivity contribution in [2.75, 3.05) is 0 Å². The Balaban J connectivity index is 2.36. The molecule has 0 amide bonds. The number of pyridine rings is 1. The summed E-state index contributed by atoms with van der Waals surface area (Å²) in [5, 5.41) is 1.21. The fourth-order valence-electron chi connectivity index (χ4n) is 2.32. The zero-order valence-electron chi connectivity index (χ0n) is 9.33. The Hall–Kier alpha value is -1.81. The molecular weight excluding hydrogens is 194 g/mol. The van der Waals surface area contributed by atoms with Crippen molar-refractivity contribution in [3.8, 4) is 12.3 Å². The summed E-state index contributed by atoms with van der Waals surface area (Å²) in [4.78, 5) is 4.54. The van der Waals surface area contributed by atoms with Crippen molar-refractivity contribution in [3.05, 3.63) is 41.6 Å². The normalized spacial score (nSPS) is 17.0. The SMILES string of the molecule is C#CC1(c2cc(C)nc3ccccc23)CC1. The molecular formula is C15H13N. The molecule has 0 saturated heterocycles. The van der Waals surface area contributed by atoms with Crippen molar-refractivity contribution in [2.45, 2.75) is 25.2 Å². The van der Waals surface area contributed by atoms with Crippen LogP contribution in [0, 0.1) is 19.3 Å². The molecule has 1 nitrogen and oxygen atoms in total. The zero-order chi connectivity index (χ0) is 11.2. The Morgan fingerprint density at radius 3 is 2.75 bits per heavy atom. The van der Waals surface area contributed by atoms with Crippen molar-refractivity contribution < 1.29 is 0 Å². The molecule has 1 heterocycles. The van der Waals surface area contributed by atoms with Crippen LogP contribution in [0.15, 0.2) is 30.3 Å². The highest BCUT2D eigenvalue weighted by Gasteiger charge is 2.43. The molecule has 0 spiro atoms. The van der Waals surface area contributed by atoms with Crippen LogP contribution in [0.2, 0.25) is 0 Å². The average molecular weight is 207 g/mol. The summed E-state index contributed by atoms with van der Waals surface area (Å²) in [5.41, 5.74) is 3.39. The number of rotatable bonds is 1. The van der Waals surface area contributed by atoms with Gasteiger partial charge in [0.25, 0.3) is 0 Å². The molecule has 1 aliphatic rings. The summed E-state index contributed by atoms with van der Waals surface area (Å²) in [7, 11) is 0. The molecule has 1 aliphatic carbocycles. The summed E-state index contributed by atoms with van der Waals surface area (Å²) in [6.45, 7) is 2.03. The molecule has 0 radical (unpaired) electrons. The summed E-state index contributed by atoms with van der Waals surface area (Å²) in [6, 6.07) is 10.4. The molecule has 1 aromatic heterocycles. The fourth-order valence-corrected chi connectivity index (χ4v) is 2.32. The predicted molar refractivity (Wildman–Crippen MR) is 66.2 cm³/mol. The Morgan fingerprint density at radius 1 is 1.31 bits per heavy atom. The smallest absolute Gasteiger partial charge is 0.0708 e. The second-order valence-electron chi connectivity index (χ2n) is 4.55. The molecule has 0 atom stereocenters. The predicted octanol–water partition coefficient (Wildman–Crippen LogP) is 3.21. The highest BCUT2D eigenvalue weighted by Crippen LogP contribution is 2.49. The van der Waals surface area contributed by atoms with Gasteiger partial charge in [0.2, 0.25) is 0 Å². The van der Waals surface area contributed by atoms with Crippen LogP contribution in [0.3, 0.4) is 0 Å². The number of nitrogens with zero attached hydrogens (tertiary/aromatic N) is 1. The number of para-hydroxylation sites is 1. The lowest BCUT2D eigenvalue weighted by atomic mass is 9.93. The van der Waals surface area contributed by atoms with Crippen LogP contribution in [0.4, 0.5) is 0 Å². The first-order chi connectivity index (χ1) is 7.75. The van der Waals surface area contributed by atoms with Gasteiger partial charge in [0.05, 0.1) is 10.9 Å². The molecule has 0 bridgehead atoms. The summed E-state index contributed by atoms with van der Waals surface area (Å²) < 4.78 is 0. The molecule has 0 N–H and O–H groups in total. The summed E-state index contributed by atoms with van der Waals surface area (Å²) in [6.07, 6.45) is 7.89. The topological polar surface area (TPSA) is 12.9 Å². The van der Waals surface area contributed by atoms with Gasteiger partial charge in [-0.15, -0.1) is 6.42 Å². The van der Waals surface area contributed by atoms with Crippen molar-refractivity contribution in [1.29, 1.82) is 0 Å². The van der Waals surface area contributed by atoms with E-state index >= 15 is 0 Å². The average Bonchev–Trinajstić information content (AvgIpc) is 3.08. The van der Waals surface area contributed by atoms with E-state index in [9.17, 15) is 0 Å². The van der Waals surface area contributed by atoms with Gasteiger partial charge in [-0.1, -0.05) is 24.1 Å². The van der Waals surface area contributed by atoms with E-state index in [-0.39, 0.29) is 5.41 Å². The van der Waals surface area contributed by atoms with Crippen molar-refractivity contribution in [1.82, 2.24) is 4.98 Å². The molecule has 0 unspecified atom stereocenters. The van der Waals surface area contributed by atoms with Gasteiger partial charge in [-0.2, -0.15) is 0 Å². The fraction of sp³-hybridized carbons (Fsp3) is 0.267. The van der Waals surface area contributed by atoms with E-state index in [0.29, 0.717) is 0 Å². The maximum absolute atomic E-state index is 5.67. The number of terminal acetylenes is 1. The van der Waals surface area contributed by atoms with Crippen LogP contribution in [0.5, 0.6) is 0 Å². The first-order valence-electron chi connectivity index (χ1n) is 5.60. The second kappa shape index (κ2) is 3.09. The van der Waals surface area contributed by atoms with E-state index in [0.717, 1.165) is 24.1 Å². The molecule has 1 saturated carbocycles. The maximum Gasteiger partial charge on any atom is 0.0708 e. The lowest BCUT2D eigenvalue weighted by Gasteiger charge is -2.12. The van der Waals surface area contributed by atoms with E-state index in [4.69, 9.17) is 6.42 Å². The largest absolute Gasteiger partial charge is 0.253 e. The third-order valence-corrected chi connectivity index (χ3v) is 3.39. The first-order valence-corrected chi connectivity index (χ1v) is 5.60. The number of fused-ring (bicyclic) bond motifs is 1. The van der Waals surface area contributed by atoms with Crippen LogP contribution >= 0.6 is 0 Å². The number of hydrogen-bond donors (Lipinski definition) is 0. The standard InChI is InChI=1S/C15H13N/c1-3-15(8-9-15)13-10-11(2)16-14-7-5-4-6-12(13)14/h1,4-7,10H,8-9H2,2H3. The maximum atomic E-state index is 5.67. The van der Waals surface area contributed by atoms with Crippen LogP contribution in [0.25, 0.3) is 10.9 Å². The molecule has 1 heteroatoms. The van der Waals surface area contributed by atoms with E-state index in [1.54, 1.807) is 0 Å². The Labute approximate surface area is 95.5 Å². The van der Waals surface area contributed by atoms with E-state index in [1.165, 1.54) is 10.9 Å². The Kier molecular flexibility index (Phi) is 1.82. The van der Waals surface area contributed by atoms with E-state index in [1.807, 2.05) is 13.0 Å². The van der Waals surface area contributed by atoms with Crippen LogP contribution in [0.1, 0.15) is 24.1 Å². The van der Waals surface area contributed by atoms with Crippen LogP contribution in [-0.2, 0) is 5.41 Å². The van der Waals surface area contributed by atoms with Gasteiger partial charge in [0, 0.05) is 11.1 Å². The van der Waals surface area contributed by atoms with Gasteiger partial charge < -0.3 is 0 Å². The van der Waals surface area contributed by atoms with E-state index in [2.05, 4.69) is 35.2 Å². The van der Waals surface area contributed by atoms with Gasteiger partial charge in [-0.25, -0.2) is 0 Å². The number of benzene rings is 1. The van der Waals surface area contributed by atoms with Crippen LogP contribution < -0.4 is 0 Å². The number of aryl methyl sites for hydroxylation is 1. The highest BCUT2D eigenvalue weighted by atomic mass is 14.7. The van der Waals surface area contributed by atoms with Crippen molar-refractivity contribution in [3.63, 3.8) is 0 Å². The van der Waals surface area contributed by atoms with Gasteiger partial charge in [0.15, 0.2) is 0 Å². The Bertz CT molecular complexity index is 600. The molecule has 2 aromatic rings.